The van der Waals surface area contributed by atoms with Gasteiger partial charge in [0, 0.05) is 18.0 Å². The maximum Gasteiger partial charge on any atom is 0.232 e. The average Bonchev–Trinajstić information content (AvgIpc) is 2.48. The first kappa shape index (κ1) is 19.3. The quantitative estimate of drug-likeness (QED) is 0.833. The van der Waals surface area contributed by atoms with Crippen molar-refractivity contribution in [1.29, 1.82) is 0 Å². The van der Waals surface area contributed by atoms with Gasteiger partial charge in [0.05, 0.1) is 5.75 Å². The van der Waals surface area contributed by atoms with Gasteiger partial charge in [-0.2, -0.15) is 0 Å². The van der Waals surface area contributed by atoms with E-state index in [9.17, 15) is 4.79 Å². The summed E-state index contributed by atoms with van der Waals surface area (Å²) in [5, 5.41) is 3.23. The van der Waals surface area contributed by atoms with E-state index in [-0.39, 0.29) is 18.3 Å². The number of hydrogen-bond acceptors (Lipinski definition) is 3. The predicted octanol–water partition coefficient (Wildman–Crippen LogP) is 3.28. The van der Waals surface area contributed by atoms with E-state index < -0.39 is 0 Å². The van der Waals surface area contributed by atoms with E-state index in [4.69, 9.17) is 0 Å². The number of benzene rings is 1. The Morgan fingerprint density at radius 2 is 2.18 bits per heavy atom. The molecule has 1 aliphatic rings. The summed E-state index contributed by atoms with van der Waals surface area (Å²) < 4.78 is 0. The monoisotopic (exact) mass is 342 g/mol. The molecule has 1 heterocycles. The van der Waals surface area contributed by atoms with Crippen LogP contribution < -0.4 is 5.32 Å². The summed E-state index contributed by atoms with van der Waals surface area (Å²) in [4.78, 5) is 15.7. The minimum Gasteiger partial charge on any atom is -0.342 e. The highest BCUT2D eigenvalue weighted by atomic mass is 35.5. The van der Waals surface area contributed by atoms with Gasteiger partial charge in [-0.25, -0.2) is 0 Å². The highest BCUT2D eigenvalue weighted by Gasteiger charge is 2.23. The molecule has 124 valence electrons. The van der Waals surface area contributed by atoms with Gasteiger partial charge in [0.1, 0.15) is 0 Å². The van der Waals surface area contributed by atoms with Crippen LogP contribution in [0.25, 0.3) is 0 Å². The minimum absolute atomic E-state index is 0. The van der Waals surface area contributed by atoms with Crippen molar-refractivity contribution in [2.45, 2.75) is 31.6 Å². The van der Waals surface area contributed by atoms with E-state index in [1.165, 1.54) is 22.4 Å². The van der Waals surface area contributed by atoms with Gasteiger partial charge in [-0.15, -0.1) is 24.2 Å². The number of carbonyl (C=O) groups excluding carboxylic acids is 1. The summed E-state index contributed by atoms with van der Waals surface area (Å²) in [7, 11) is 1.98. The number of rotatable bonds is 5. The lowest BCUT2D eigenvalue weighted by Crippen LogP contribution is -2.43. The van der Waals surface area contributed by atoms with Crippen LogP contribution in [0.15, 0.2) is 23.1 Å². The topological polar surface area (TPSA) is 32.3 Å². The molecule has 1 N–H and O–H groups in total. The van der Waals surface area contributed by atoms with Crippen LogP contribution >= 0.6 is 24.2 Å². The summed E-state index contributed by atoms with van der Waals surface area (Å²) >= 11 is 1.67. The molecule has 1 atom stereocenters. The van der Waals surface area contributed by atoms with E-state index >= 15 is 0 Å². The van der Waals surface area contributed by atoms with Crippen LogP contribution in [0, 0.1) is 19.8 Å². The highest BCUT2D eigenvalue weighted by Crippen LogP contribution is 2.25. The molecule has 1 aliphatic heterocycles. The number of piperidine rings is 1. The maximum atomic E-state index is 12.4. The molecule has 1 aromatic carbocycles. The van der Waals surface area contributed by atoms with Gasteiger partial charge in [0.25, 0.3) is 0 Å². The van der Waals surface area contributed by atoms with Crippen molar-refractivity contribution < 1.29 is 4.79 Å². The van der Waals surface area contributed by atoms with Gasteiger partial charge in [0.2, 0.25) is 5.91 Å². The highest BCUT2D eigenvalue weighted by molar-refractivity contribution is 8.00. The molecule has 1 saturated heterocycles. The lowest BCUT2D eigenvalue weighted by atomic mass is 9.98. The van der Waals surface area contributed by atoms with Crippen molar-refractivity contribution in [3.8, 4) is 0 Å². The van der Waals surface area contributed by atoms with E-state index in [1.54, 1.807) is 11.8 Å². The summed E-state index contributed by atoms with van der Waals surface area (Å²) in [6.07, 6.45) is 2.36. The van der Waals surface area contributed by atoms with Crippen LogP contribution in [0.4, 0.5) is 0 Å². The first-order valence-electron chi connectivity index (χ1n) is 7.72. The van der Waals surface area contributed by atoms with E-state index in [2.05, 4.69) is 37.4 Å². The molecule has 0 radical (unpaired) electrons. The molecule has 1 amide bonds. The zero-order valence-electron chi connectivity index (χ0n) is 13.7. The normalized spacial score (nSPS) is 18.0. The largest absolute Gasteiger partial charge is 0.342 e. The first-order valence-corrected chi connectivity index (χ1v) is 8.71. The Hall–Kier alpha value is -0.710. The molecule has 5 heteroatoms. The standard InChI is InChI=1S/C17H26N2OS.ClH/c1-13-6-7-14(2)16(9-13)21-12-17(20)19-8-4-5-15(11-19)10-18-3;/h6-7,9,15,18H,4-5,8,10-12H2,1-3H3;1H. The van der Waals surface area contributed by atoms with Crippen LogP contribution in [0.3, 0.4) is 0 Å². The molecule has 0 aromatic heterocycles. The molecule has 0 aliphatic carbocycles. The maximum absolute atomic E-state index is 12.4. The van der Waals surface area contributed by atoms with E-state index in [0.29, 0.717) is 11.7 Å². The third kappa shape index (κ3) is 5.49. The summed E-state index contributed by atoms with van der Waals surface area (Å²) in [6.45, 7) is 7.04. The molecular weight excluding hydrogens is 316 g/mol. The smallest absolute Gasteiger partial charge is 0.232 e. The molecular formula is C17H27ClN2OS. The lowest BCUT2D eigenvalue weighted by Gasteiger charge is -2.32. The van der Waals surface area contributed by atoms with Crippen molar-refractivity contribution in [1.82, 2.24) is 10.2 Å². The predicted molar refractivity (Wildman–Crippen MR) is 97.1 cm³/mol. The van der Waals surface area contributed by atoms with Gasteiger partial charge in [-0.05, 0) is 57.8 Å². The summed E-state index contributed by atoms with van der Waals surface area (Å²) in [6, 6.07) is 6.42. The molecule has 0 bridgehead atoms. The van der Waals surface area contributed by atoms with E-state index in [1.807, 2.05) is 11.9 Å². The molecule has 3 nitrogen and oxygen atoms in total. The van der Waals surface area contributed by atoms with Crippen LogP contribution in [-0.2, 0) is 4.79 Å². The Labute approximate surface area is 144 Å². The second-order valence-corrected chi connectivity index (χ2v) is 6.98. The number of carbonyl (C=O) groups is 1. The fraction of sp³-hybridized carbons (Fsp3) is 0.588. The van der Waals surface area contributed by atoms with Crippen molar-refractivity contribution in [2.75, 3.05) is 32.4 Å². The molecule has 2 rings (SSSR count). The lowest BCUT2D eigenvalue weighted by molar-refractivity contribution is -0.130. The van der Waals surface area contributed by atoms with Crippen molar-refractivity contribution in [3.63, 3.8) is 0 Å². The fourth-order valence-electron chi connectivity index (χ4n) is 2.84. The van der Waals surface area contributed by atoms with Gasteiger partial charge < -0.3 is 10.2 Å². The molecule has 22 heavy (non-hydrogen) atoms. The Morgan fingerprint density at radius 3 is 2.91 bits per heavy atom. The number of thioether (sulfide) groups is 1. The third-order valence-electron chi connectivity index (χ3n) is 4.06. The Kier molecular flexibility index (Phi) is 8.29. The second kappa shape index (κ2) is 9.43. The van der Waals surface area contributed by atoms with Crippen molar-refractivity contribution in [2.24, 2.45) is 5.92 Å². The fourth-order valence-corrected chi connectivity index (χ4v) is 3.87. The van der Waals surface area contributed by atoms with Crippen molar-refractivity contribution >= 4 is 30.1 Å². The number of hydrogen-bond donors (Lipinski definition) is 1. The van der Waals surface area contributed by atoms with Crippen LogP contribution in [0.2, 0.25) is 0 Å². The summed E-state index contributed by atoms with van der Waals surface area (Å²) in [5.41, 5.74) is 2.51. The zero-order valence-corrected chi connectivity index (χ0v) is 15.4. The molecule has 0 spiro atoms. The van der Waals surface area contributed by atoms with E-state index in [0.717, 1.165) is 26.1 Å². The number of nitrogens with zero attached hydrogens (tertiary/aromatic N) is 1. The number of halogens is 1. The Morgan fingerprint density at radius 1 is 1.41 bits per heavy atom. The van der Waals surface area contributed by atoms with Crippen LogP contribution in [-0.4, -0.2) is 43.2 Å². The molecule has 1 fully saturated rings. The van der Waals surface area contributed by atoms with Crippen molar-refractivity contribution in [3.05, 3.63) is 29.3 Å². The van der Waals surface area contributed by atoms with Gasteiger partial charge in [-0.3, -0.25) is 4.79 Å². The third-order valence-corrected chi connectivity index (χ3v) is 5.20. The van der Waals surface area contributed by atoms with Gasteiger partial charge in [-0.1, -0.05) is 17.7 Å². The first-order chi connectivity index (χ1) is 10.1. The number of aryl methyl sites for hydroxylation is 2. The zero-order chi connectivity index (χ0) is 15.2. The summed E-state index contributed by atoms with van der Waals surface area (Å²) in [5.74, 6) is 1.44. The average molecular weight is 343 g/mol. The Bertz CT molecular complexity index is 494. The molecule has 1 aromatic rings. The number of likely N-dealkylation sites (tertiary alicyclic amines) is 1. The Balaban J connectivity index is 0.00000242. The number of amides is 1. The van der Waals surface area contributed by atoms with Gasteiger partial charge in [0.15, 0.2) is 0 Å². The minimum atomic E-state index is 0. The SMILES string of the molecule is CNCC1CCCN(C(=O)CSc2cc(C)ccc2C)C1.Cl. The van der Waals surface area contributed by atoms with Crippen LogP contribution in [0.5, 0.6) is 0 Å². The molecule has 1 unspecified atom stereocenters. The number of nitrogens with one attached hydrogen (secondary N) is 1. The second-order valence-electron chi connectivity index (χ2n) is 5.96. The van der Waals surface area contributed by atoms with Gasteiger partial charge >= 0.3 is 0 Å². The molecule has 0 saturated carbocycles. The van der Waals surface area contributed by atoms with Crippen LogP contribution in [0.1, 0.15) is 24.0 Å².